The molecule has 0 heterocycles. The summed E-state index contributed by atoms with van der Waals surface area (Å²) in [5.41, 5.74) is 5.47. The maximum Gasteiger partial charge on any atom is 0.326 e. The number of carbonyl (C=O) groups is 3. The number of nitrogens with one attached hydrogen (secondary N) is 1. The quantitative estimate of drug-likeness (QED) is 0.0335. The Hall–Kier alpha value is -3.45. The third-order valence-corrected chi connectivity index (χ3v) is 8.68. The monoisotopic (exact) mass is 737 g/mol. The normalized spacial score (nSPS) is 13.6. The molecule has 0 saturated carbocycles. The van der Waals surface area contributed by atoms with Gasteiger partial charge in [-0.3, -0.25) is 9.59 Å². The van der Waals surface area contributed by atoms with Gasteiger partial charge in [-0.25, -0.2) is 4.79 Å². The van der Waals surface area contributed by atoms with Crippen molar-refractivity contribution in [3.8, 4) is 0 Å². The molecule has 300 valence electrons. The van der Waals surface area contributed by atoms with Crippen LogP contribution in [-0.4, -0.2) is 41.6 Å². The van der Waals surface area contributed by atoms with Crippen molar-refractivity contribution in [2.45, 2.75) is 180 Å². The van der Waals surface area contributed by atoms with Gasteiger partial charge in [0.05, 0.1) is 0 Å². The fraction of sp³-hybridized carbons (Fsp3) is 0.630. The van der Waals surface area contributed by atoms with Gasteiger partial charge in [-0.15, -0.1) is 0 Å². The Morgan fingerprint density at radius 1 is 0.585 bits per heavy atom. The molecule has 0 aliphatic heterocycles. The first-order chi connectivity index (χ1) is 25.9. The van der Waals surface area contributed by atoms with Gasteiger partial charge in [-0.2, -0.15) is 0 Å². The zero-order valence-corrected chi connectivity index (χ0v) is 33.6. The lowest BCUT2D eigenvalue weighted by Gasteiger charge is -2.15. The number of aliphatic carboxylic acids is 1. The third kappa shape index (κ3) is 36.7. The van der Waals surface area contributed by atoms with E-state index in [2.05, 4.69) is 104 Å². The molecule has 0 fully saturated rings. The number of carboxylic acid groups (broad SMARTS) is 1. The molecule has 2 atom stereocenters. The second kappa shape index (κ2) is 39.8. The molecule has 0 spiro atoms. The van der Waals surface area contributed by atoms with Crippen LogP contribution in [0, 0.1) is 0 Å². The number of carbonyl (C=O) groups excluding carboxylic acids is 2. The van der Waals surface area contributed by atoms with Gasteiger partial charge in [0.1, 0.15) is 12.1 Å². The molecule has 0 aromatic rings. The fourth-order valence-corrected chi connectivity index (χ4v) is 5.54. The van der Waals surface area contributed by atoms with Crippen molar-refractivity contribution in [2.75, 3.05) is 6.54 Å². The van der Waals surface area contributed by atoms with Crippen molar-refractivity contribution in [3.05, 3.63) is 85.1 Å². The van der Waals surface area contributed by atoms with Gasteiger partial charge in [-0.1, -0.05) is 131 Å². The van der Waals surface area contributed by atoms with E-state index >= 15 is 0 Å². The lowest BCUT2D eigenvalue weighted by molar-refractivity contribution is -0.147. The second-order valence-electron chi connectivity index (χ2n) is 13.7. The molecular weight excluding hydrogens is 661 g/mol. The fourth-order valence-electron chi connectivity index (χ4n) is 5.54. The van der Waals surface area contributed by atoms with Crippen molar-refractivity contribution >= 4 is 17.8 Å². The molecule has 53 heavy (non-hydrogen) atoms. The number of unbranched alkanes of at least 4 members (excludes halogenated alkanes) is 10. The number of amides is 1. The molecule has 4 N–H and O–H groups in total. The highest BCUT2D eigenvalue weighted by Gasteiger charge is 2.19. The number of hydrogen-bond donors (Lipinski definition) is 3. The van der Waals surface area contributed by atoms with Crippen LogP contribution in [-0.2, 0) is 19.1 Å². The SMILES string of the molecule is CC/C=C\C/C=C\C/C=C\C/C=C\C/C=C\C/C=C\CCCCCCC(=O)OC(/C=C\CCCCC)CCCCCCC(=O)NC(CCCN)C(=O)O. The predicted molar refractivity (Wildman–Crippen MR) is 225 cm³/mol. The Kier molecular flexibility index (Phi) is 37.2. The van der Waals surface area contributed by atoms with E-state index in [-0.39, 0.29) is 18.0 Å². The molecule has 0 radical (unpaired) electrons. The first-order valence-electron chi connectivity index (χ1n) is 20.9. The van der Waals surface area contributed by atoms with E-state index < -0.39 is 12.0 Å². The number of esters is 1. The van der Waals surface area contributed by atoms with Gasteiger partial charge < -0.3 is 20.9 Å². The van der Waals surface area contributed by atoms with Crippen molar-refractivity contribution in [1.82, 2.24) is 5.32 Å². The van der Waals surface area contributed by atoms with Crippen LogP contribution in [0.25, 0.3) is 0 Å². The van der Waals surface area contributed by atoms with E-state index in [1.807, 2.05) is 0 Å². The topological polar surface area (TPSA) is 119 Å². The van der Waals surface area contributed by atoms with Crippen LogP contribution in [0.4, 0.5) is 0 Å². The highest BCUT2D eigenvalue weighted by Crippen LogP contribution is 2.15. The molecule has 0 aliphatic carbocycles. The van der Waals surface area contributed by atoms with Gasteiger partial charge >= 0.3 is 11.9 Å². The van der Waals surface area contributed by atoms with Gasteiger partial charge in [0, 0.05) is 12.8 Å². The average molecular weight is 737 g/mol. The summed E-state index contributed by atoms with van der Waals surface area (Å²) in [4.78, 5) is 36.2. The predicted octanol–water partition coefficient (Wildman–Crippen LogP) is 11.7. The Balaban J connectivity index is 4.14. The average Bonchev–Trinajstić information content (AvgIpc) is 3.14. The van der Waals surface area contributed by atoms with E-state index in [1.54, 1.807) is 0 Å². The number of allylic oxidation sites excluding steroid dienone is 13. The summed E-state index contributed by atoms with van der Waals surface area (Å²) in [5.74, 6) is -1.37. The van der Waals surface area contributed by atoms with E-state index in [4.69, 9.17) is 10.5 Å². The summed E-state index contributed by atoms with van der Waals surface area (Å²) >= 11 is 0. The highest BCUT2D eigenvalue weighted by molar-refractivity contribution is 5.83. The lowest BCUT2D eigenvalue weighted by atomic mass is 10.1. The molecule has 2 unspecified atom stereocenters. The van der Waals surface area contributed by atoms with Crippen LogP contribution in [0.3, 0.4) is 0 Å². The largest absolute Gasteiger partial charge is 0.480 e. The van der Waals surface area contributed by atoms with Gasteiger partial charge in [-0.05, 0) is 115 Å². The Bertz CT molecular complexity index is 1100. The summed E-state index contributed by atoms with van der Waals surface area (Å²) in [7, 11) is 0. The maximum absolute atomic E-state index is 12.6. The van der Waals surface area contributed by atoms with Crippen LogP contribution in [0.15, 0.2) is 85.1 Å². The minimum absolute atomic E-state index is 0.121. The number of nitrogens with two attached hydrogens (primary N) is 1. The van der Waals surface area contributed by atoms with Crippen molar-refractivity contribution < 1.29 is 24.2 Å². The van der Waals surface area contributed by atoms with Crippen LogP contribution in [0.5, 0.6) is 0 Å². The van der Waals surface area contributed by atoms with Crippen LogP contribution < -0.4 is 11.1 Å². The van der Waals surface area contributed by atoms with Gasteiger partial charge in [0.2, 0.25) is 5.91 Å². The zero-order chi connectivity index (χ0) is 38.9. The molecular formula is C46H76N2O5. The lowest BCUT2D eigenvalue weighted by Crippen LogP contribution is -2.40. The van der Waals surface area contributed by atoms with E-state index in [1.165, 1.54) is 12.8 Å². The van der Waals surface area contributed by atoms with E-state index in [0.29, 0.717) is 38.6 Å². The number of carboxylic acids is 1. The first-order valence-corrected chi connectivity index (χ1v) is 20.9. The van der Waals surface area contributed by atoms with Crippen LogP contribution in [0.1, 0.15) is 168 Å². The molecule has 1 amide bonds. The summed E-state index contributed by atoms with van der Waals surface area (Å²) < 4.78 is 5.87. The summed E-state index contributed by atoms with van der Waals surface area (Å²) in [6.07, 6.45) is 52.3. The van der Waals surface area contributed by atoms with Crippen molar-refractivity contribution in [1.29, 1.82) is 0 Å². The summed E-state index contributed by atoms with van der Waals surface area (Å²) in [6.45, 7) is 4.74. The minimum atomic E-state index is -1.02. The third-order valence-electron chi connectivity index (χ3n) is 8.68. The molecule has 0 bridgehead atoms. The van der Waals surface area contributed by atoms with Crippen LogP contribution in [0.2, 0.25) is 0 Å². The summed E-state index contributed by atoms with van der Waals surface area (Å²) in [5, 5.41) is 11.9. The first kappa shape index (κ1) is 49.6. The molecule has 0 aromatic carbocycles. The molecule has 0 saturated heterocycles. The van der Waals surface area contributed by atoms with Gasteiger partial charge in [0.15, 0.2) is 0 Å². The zero-order valence-electron chi connectivity index (χ0n) is 33.6. The molecule has 0 aliphatic rings. The molecule has 0 rings (SSSR count). The molecule has 0 aromatic heterocycles. The molecule has 7 heteroatoms. The summed E-state index contributed by atoms with van der Waals surface area (Å²) in [6, 6.07) is -0.876. The number of hydrogen-bond acceptors (Lipinski definition) is 5. The smallest absolute Gasteiger partial charge is 0.326 e. The Morgan fingerprint density at radius 2 is 1.09 bits per heavy atom. The number of ether oxygens (including phenoxy) is 1. The maximum atomic E-state index is 12.6. The Labute approximate surface area is 324 Å². The second-order valence-corrected chi connectivity index (χ2v) is 13.7. The van der Waals surface area contributed by atoms with Crippen LogP contribution >= 0.6 is 0 Å². The minimum Gasteiger partial charge on any atom is -0.480 e. The van der Waals surface area contributed by atoms with Crippen molar-refractivity contribution in [3.63, 3.8) is 0 Å². The van der Waals surface area contributed by atoms with E-state index in [0.717, 1.165) is 109 Å². The van der Waals surface area contributed by atoms with Gasteiger partial charge in [0.25, 0.3) is 0 Å². The number of rotatable bonds is 36. The Morgan fingerprint density at radius 3 is 1.66 bits per heavy atom. The van der Waals surface area contributed by atoms with E-state index in [9.17, 15) is 19.5 Å². The molecule has 7 nitrogen and oxygen atoms in total. The van der Waals surface area contributed by atoms with Crippen molar-refractivity contribution in [2.24, 2.45) is 5.73 Å². The highest BCUT2D eigenvalue weighted by atomic mass is 16.5. The standard InChI is InChI=1S/C46H76N2O5/c1-3-5-7-9-10-11-12-13-14-15-16-17-18-19-20-21-22-23-24-25-26-28-34-40-45(50)53-42(36-31-27-8-6-4-2)37-32-29-30-33-39-44(49)48-43(46(51)52)38-35-41-47/h5,7,10-11,13-14,16-17,19-20,22-23,31,36,42-43H,3-4,6,8-9,12,15,18,21,24-30,32-35,37-41,47H2,1-2H3,(H,48,49)(H,51,52)/b7-5-,11-10-,14-13-,17-16-,20-19-,23-22-,36-31-.